The van der Waals surface area contributed by atoms with Gasteiger partial charge in [0.1, 0.15) is 5.75 Å². The molecule has 25 heavy (non-hydrogen) atoms. The molecule has 5 nitrogen and oxygen atoms in total. The van der Waals surface area contributed by atoms with Crippen LogP contribution in [0.15, 0.2) is 53.1 Å². The van der Waals surface area contributed by atoms with Crippen LogP contribution < -0.4 is 10.1 Å². The number of benzene rings is 2. The van der Waals surface area contributed by atoms with Crippen molar-refractivity contribution in [3.05, 3.63) is 65.4 Å². The monoisotopic (exact) mass is 336 g/mol. The molecule has 0 fully saturated rings. The maximum absolute atomic E-state index is 12.4. The second-order valence-electron chi connectivity index (χ2n) is 5.76. The van der Waals surface area contributed by atoms with Crippen LogP contribution in [0.3, 0.4) is 0 Å². The van der Waals surface area contributed by atoms with Crippen LogP contribution >= 0.6 is 0 Å². The summed E-state index contributed by atoms with van der Waals surface area (Å²) in [7, 11) is 0. The topological polar surface area (TPSA) is 64.4 Å². The largest absolute Gasteiger partial charge is 0.492 e. The summed E-state index contributed by atoms with van der Waals surface area (Å²) in [6.07, 6.45) is 0. The van der Waals surface area contributed by atoms with E-state index in [9.17, 15) is 4.79 Å². The Labute approximate surface area is 146 Å². The maximum atomic E-state index is 12.4. The van der Waals surface area contributed by atoms with Crippen molar-refractivity contribution in [3.8, 4) is 17.1 Å². The standard InChI is InChI=1S/C20H20N2O3/c1-4-24-18-8-6-5-7-16(18)21-20(23)17-12-19(25-22-17)15-10-9-13(2)14(3)11-15/h5-12H,4H2,1-3H3,(H,21,23). The van der Waals surface area contributed by atoms with Gasteiger partial charge < -0.3 is 14.6 Å². The molecule has 3 aromatic rings. The average Bonchev–Trinajstić information content (AvgIpc) is 3.09. The Kier molecular flexibility index (Phi) is 4.84. The van der Waals surface area contributed by atoms with Gasteiger partial charge in [-0.15, -0.1) is 0 Å². The van der Waals surface area contributed by atoms with Gasteiger partial charge in [0.05, 0.1) is 12.3 Å². The van der Waals surface area contributed by atoms with Gasteiger partial charge in [0.2, 0.25) is 0 Å². The molecule has 1 aromatic heterocycles. The average molecular weight is 336 g/mol. The number of carbonyl (C=O) groups is 1. The summed E-state index contributed by atoms with van der Waals surface area (Å²) < 4.78 is 10.9. The van der Waals surface area contributed by atoms with Crippen LogP contribution in [0.4, 0.5) is 5.69 Å². The second-order valence-corrected chi connectivity index (χ2v) is 5.76. The van der Waals surface area contributed by atoms with E-state index in [-0.39, 0.29) is 11.6 Å². The van der Waals surface area contributed by atoms with E-state index in [1.54, 1.807) is 12.1 Å². The lowest BCUT2D eigenvalue weighted by Crippen LogP contribution is -2.13. The maximum Gasteiger partial charge on any atom is 0.277 e. The molecule has 5 heteroatoms. The lowest BCUT2D eigenvalue weighted by Gasteiger charge is -2.09. The van der Waals surface area contributed by atoms with E-state index >= 15 is 0 Å². The number of aromatic nitrogens is 1. The van der Waals surface area contributed by atoms with E-state index in [0.29, 0.717) is 23.8 Å². The first kappa shape index (κ1) is 16.8. The molecule has 1 amide bonds. The van der Waals surface area contributed by atoms with E-state index in [0.717, 1.165) is 11.1 Å². The van der Waals surface area contributed by atoms with E-state index in [1.807, 2.05) is 57.2 Å². The number of amides is 1. The van der Waals surface area contributed by atoms with Crippen molar-refractivity contribution in [1.29, 1.82) is 0 Å². The SMILES string of the molecule is CCOc1ccccc1NC(=O)c1cc(-c2ccc(C)c(C)c2)on1. The van der Waals surface area contributed by atoms with Crippen LogP contribution in [-0.4, -0.2) is 17.7 Å². The smallest absolute Gasteiger partial charge is 0.277 e. The van der Waals surface area contributed by atoms with Crippen molar-refractivity contribution >= 4 is 11.6 Å². The van der Waals surface area contributed by atoms with Crippen LogP contribution in [0.1, 0.15) is 28.5 Å². The summed E-state index contributed by atoms with van der Waals surface area (Å²) in [5.41, 5.74) is 4.08. The zero-order chi connectivity index (χ0) is 17.8. The Morgan fingerprint density at radius 3 is 2.68 bits per heavy atom. The van der Waals surface area contributed by atoms with E-state index in [2.05, 4.69) is 10.5 Å². The summed E-state index contributed by atoms with van der Waals surface area (Å²) >= 11 is 0. The molecule has 0 radical (unpaired) electrons. The molecule has 128 valence electrons. The highest BCUT2D eigenvalue weighted by atomic mass is 16.5. The van der Waals surface area contributed by atoms with Gasteiger partial charge in [0.15, 0.2) is 11.5 Å². The Bertz CT molecular complexity index is 899. The molecule has 0 atom stereocenters. The van der Waals surface area contributed by atoms with E-state index < -0.39 is 0 Å². The molecule has 1 heterocycles. The third kappa shape index (κ3) is 3.71. The zero-order valence-corrected chi connectivity index (χ0v) is 14.5. The lowest BCUT2D eigenvalue weighted by molar-refractivity contribution is 0.101. The molecule has 0 unspecified atom stereocenters. The van der Waals surface area contributed by atoms with Gasteiger partial charge in [0.25, 0.3) is 5.91 Å². The first-order valence-corrected chi connectivity index (χ1v) is 8.16. The predicted octanol–water partition coefficient (Wildman–Crippen LogP) is 4.61. The van der Waals surface area contributed by atoms with Crippen LogP contribution in [0.25, 0.3) is 11.3 Å². The highest BCUT2D eigenvalue weighted by Crippen LogP contribution is 2.26. The van der Waals surface area contributed by atoms with Crippen LogP contribution in [-0.2, 0) is 0 Å². The van der Waals surface area contributed by atoms with Crippen molar-refractivity contribution in [1.82, 2.24) is 5.16 Å². The summed E-state index contributed by atoms with van der Waals surface area (Å²) in [5.74, 6) is 0.841. The van der Waals surface area contributed by atoms with Gasteiger partial charge in [-0.05, 0) is 50.1 Å². The minimum Gasteiger partial charge on any atom is -0.492 e. The number of anilines is 1. The number of carbonyl (C=O) groups excluding carboxylic acids is 1. The van der Waals surface area contributed by atoms with E-state index in [4.69, 9.17) is 9.26 Å². The van der Waals surface area contributed by atoms with Crippen molar-refractivity contribution < 1.29 is 14.1 Å². The highest BCUT2D eigenvalue weighted by molar-refractivity contribution is 6.04. The van der Waals surface area contributed by atoms with Crippen LogP contribution in [0.5, 0.6) is 5.75 Å². The Balaban J connectivity index is 1.80. The number of nitrogens with zero attached hydrogens (tertiary/aromatic N) is 1. The van der Waals surface area contributed by atoms with Crippen LogP contribution in [0, 0.1) is 13.8 Å². The number of ether oxygens (including phenoxy) is 1. The summed E-state index contributed by atoms with van der Waals surface area (Å²) in [5, 5.41) is 6.70. The first-order valence-electron chi connectivity index (χ1n) is 8.16. The number of aryl methyl sites for hydroxylation is 2. The Hall–Kier alpha value is -3.08. The molecule has 0 aliphatic rings. The molecule has 0 aliphatic carbocycles. The molecular weight excluding hydrogens is 316 g/mol. The molecule has 3 rings (SSSR count). The fourth-order valence-corrected chi connectivity index (χ4v) is 2.45. The molecular formula is C20H20N2O3. The van der Waals surface area contributed by atoms with Gasteiger partial charge in [0, 0.05) is 11.6 Å². The third-order valence-electron chi connectivity index (χ3n) is 3.97. The van der Waals surface area contributed by atoms with Gasteiger partial charge in [-0.25, -0.2) is 0 Å². The Morgan fingerprint density at radius 1 is 1.12 bits per heavy atom. The molecule has 0 bridgehead atoms. The predicted molar refractivity (Wildman–Crippen MR) is 97.0 cm³/mol. The molecule has 0 aliphatic heterocycles. The van der Waals surface area contributed by atoms with Crippen molar-refractivity contribution in [2.45, 2.75) is 20.8 Å². The fourth-order valence-electron chi connectivity index (χ4n) is 2.45. The minimum atomic E-state index is -0.342. The number of rotatable bonds is 5. The zero-order valence-electron chi connectivity index (χ0n) is 14.5. The van der Waals surface area contributed by atoms with E-state index in [1.165, 1.54) is 5.56 Å². The minimum absolute atomic E-state index is 0.222. The number of hydrogen-bond donors (Lipinski definition) is 1. The first-order chi connectivity index (χ1) is 12.1. The molecule has 0 saturated carbocycles. The fraction of sp³-hybridized carbons (Fsp3) is 0.200. The third-order valence-corrected chi connectivity index (χ3v) is 3.97. The summed E-state index contributed by atoms with van der Waals surface area (Å²) in [6.45, 7) is 6.50. The molecule has 0 saturated heterocycles. The van der Waals surface area contributed by atoms with Crippen molar-refractivity contribution in [2.24, 2.45) is 0 Å². The van der Waals surface area contributed by atoms with Gasteiger partial charge in [-0.1, -0.05) is 29.4 Å². The van der Waals surface area contributed by atoms with Crippen LogP contribution in [0.2, 0.25) is 0 Å². The molecule has 0 spiro atoms. The highest BCUT2D eigenvalue weighted by Gasteiger charge is 2.16. The second kappa shape index (κ2) is 7.21. The number of para-hydroxylation sites is 2. The lowest BCUT2D eigenvalue weighted by atomic mass is 10.0. The van der Waals surface area contributed by atoms with Crippen molar-refractivity contribution in [2.75, 3.05) is 11.9 Å². The van der Waals surface area contributed by atoms with Crippen molar-refractivity contribution in [3.63, 3.8) is 0 Å². The summed E-state index contributed by atoms with van der Waals surface area (Å²) in [6, 6.07) is 14.9. The Morgan fingerprint density at radius 2 is 1.92 bits per heavy atom. The molecule has 1 N–H and O–H groups in total. The summed E-state index contributed by atoms with van der Waals surface area (Å²) in [4.78, 5) is 12.4. The normalized spacial score (nSPS) is 10.5. The van der Waals surface area contributed by atoms with Gasteiger partial charge in [-0.2, -0.15) is 0 Å². The molecule has 2 aromatic carbocycles. The number of nitrogens with one attached hydrogen (secondary N) is 1. The van der Waals surface area contributed by atoms with Gasteiger partial charge in [-0.3, -0.25) is 4.79 Å². The number of hydrogen-bond acceptors (Lipinski definition) is 4. The quantitative estimate of drug-likeness (QED) is 0.739. The van der Waals surface area contributed by atoms with Gasteiger partial charge >= 0.3 is 0 Å².